The standard InChI is InChI=1S/C28H33N3O3/c1-33-27-10-9-24(30-11-5-2-6-12-30)16-26(27)28(32)31-13-14-34-20-21(19-31)15-23-18-29-17-22-7-3-4-8-25(22)23/h3-4,7-10,16-18,21H,2,5-6,11-15,19-20H2,1H3. The van der Waals surface area contributed by atoms with Crippen molar-refractivity contribution in [3.05, 3.63) is 66.0 Å². The van der Waals surface area contributed by atoms with E-state index in [0.717, 1.165) is 30.6 Å². The van der Waals surface area contributed by atoms with Crippen molar-refractivity contribution in [1.29, 1.82) is 0 Å². The maximum atomic E-state index is 13.7. The summed E-state index contributed by atoms with van der Waals surface area (Å²) >= 11 is 0. The highest BCUT2D eigenvalue weighted by atomic mass is 16.5. The normalized spacial score (nSPS) is 19.1. The topological polar surface area (TPSA) is 54.9 Å². The highest BCUT2D eigenvalue weighted by molar-refractivity contribution is 5.98. The lowest BCUT2D eigenvalue weighted by molar-refractivity contribution is 0.0734. The minimum atomic E-state index is 0.0160. The van der Waals surface area contributed by atoms with Gasteiger partial charge in [0.05, 0.1) is 25.9 Å². The molecule has 0 spiro atoms. The van der Waals surface area contributed by atoms with Gasteiger partial charge in [0.1, 0.15) is 5.75 Å². The SMILES string of the molecule is COc1ccc(N2CCCCC2)cc1C(=O)N1CCOCC(Cc2cncc3ccccc23)C1. The number of aromatic nitrogens is 1. The predicted molar refractivity (Wildman–Crippen MR) is 135 cm³/mol. The molecule has 6 nitrogen and oxygen atoms in total. The van der Waals surface area contributed by atoms with Crippen LogP contribution in [0.5, 0.6) is 5.75 Å². The van der Waals surface area contributed by atoms with E-state index in [-0.39, 0.29) is 11.8 Å². The molecule has 1 aromatic heterocycles. The molecule has 1 unspecified atom stereocenters. The summed E-state index contributed by atoms with van der Waals surface area (Å²) in [5, 5.41) is 2.36. The second kappa shape index (κ2) is 10.4. The number of rotatable bonds is 5. The molecule has 2 aromatic carbocycles. The number of hydrogen-bond acceptors (Lipinski definition) is 5. The summed E-state index contributed by atoms with van der Waals surface area (Å²) in [6.45, 7) is 4.50. The Morgan fingerprint density at radius 3 is 2.79 bits per heavy atom. The van der Waals surface area contributed by atoms with E-state index < -0.39 is 0 Å². The average molecular weight is 460 g/mol. The first-order valence-electron chi connectivity index (χ1n) is 12.3. The van der Waals surface area contributed by atoms with Crippen LogP contribution in [-0.4, -0.2) is 62.3 Å². The molecule has 1 atom stereocenters. The van der Waals surface area contributed by atoms with E-state index in [0.29, 0.717) is 37.6 Å². The van der Waals surface area contributed by atoms with Crippen molar-refractivity contribution in [1.82, 2.24) is 9.88 Å². The Balaban J connectivity index is 1.37. The molecule has 2 aliphatic heterocycles. The zero-order chi connectivity index (χ0) is 23.3. The van der Waals surface area contributed by atoms with Gasteiger partial charge in [0.2, 0.25) is 0 Å². The lowest BCUT2D eigenvalue weighted by Gasteiger charge is -2.30. The molecule has 34 heavy (non-hydrogen) atoms. The number of pyridine rings is 1. The molecule has 0 N–H and O–H groups in total. The third-order valence-electron chi connectivity index (χ3n) is 7.02. The fourth-order valence-electron chi connectivity index (χ4n) is 5.22. The van der Waals surface area contributed by atoms with Crippen molar-refractivity contribution in [2.45, 2.75) is 25.7 Å². The smallest absolute Gasteiger partial charge is 0.257 e. The number of hydrogen-bond donors (Lipinski definition) is 0. The Morgan fingerprint density at radius 2 is 1.94 bits per heavy atom. The Bertz CT molecular complexity index is 1140. The van der Waals surface area contributed by atoms with Crippen LogP contribution in [0.15, 0.2) is 54.9 Å². The number of carbonyl (C=O) groups excluding carboxylic acids is 1. The molecule has 3 aromatic rings. The number of nitrogens with zero attached hydrogens (tertiary/aromatic N) is 3. The highest BCUT2D eigenvalue weighted by Crippen LogP contribution is 2.29. The lowest BCUT2D eigenvalue weighted by Crippen LogP contribution is -2.37. The summed E-state index contributed by atoms with van der Waals surface area (Å²) in [6.07, 6.45) is 8.35. The first kappa shape index (κ1) is 22.7. The molecule has 5 rings (SSSR count). The number of fused-ring (bicyclic) bond motifs is 1. The van der Waals surface area contributed by atoms with Gasteiger partial charge in [-0.2, -0.15) is 0 Å². The summed E-state index contributed by atoms with van der Waals surface area (Å²) in [5.74, 6) is 0.850. The third-order valence-corrected chi connectivity index (χ3v) is 7.02. The zero-order valence-corrected chi connectivity index (χ0v) is 19.9. The zero-order valence-electron chi connectivity index (χ0n) is 19.9. The van der Waals surface area contributed by atoms with E-state index in [1.54, 1.807) is 7.11 Å². The van der Waals surface area contributed by atoms with Crippen molar-refractivity contribution in [2.75, 3.05) is 51.4 Å². The monoisotopic (exact) mass is 459 g/mol. The number of ether oxygens (including phenoxy) is 2. The molecule has 3 heterocycles. The molecule has 0 radical (unpaired) electrons. The molecule has 0 aliphatic carbocycles. The van der Waals surface area contributed by atoms with Gasteiger partial charge in [0, 0.05) is 55.6 Å². The van der Waals surface area contributed by atoms with Crippen molar-refractivity contribution in [3.8, 4) is 5.75 Å². The van der Waals surface area contributed by atoms with Crippen LogP contribution in [0.3, 0.4) is 0 Å². The van der Waals surface area contributed by atoms with Crippen molar-refractivity contribution in [3.63, 3.8) is 0 Å². The first-order valence-corrected chi connectivity index (χ1v) is 12.3. The number of amides is 1. The van der Waals surface area contributed by atoms with Crippen LogP contribution in [0, 0.1) is 5.92 Å². The Kier molecular flexibility index (Phi) is 6.95. The fourth-order valence-corrected chi connectivity index (χ4v) is 5.22. The Morgan fingerprint density at radius 1 is 1.09 bits per heavy atom. The minimum absolute atomic E-state index is 0.0160. The molecular formula is C28H33N3O3. The Labute approximate surface area is 201 Å². The fraction of sp³-hybridized carbons (Fsp3) is 0.429. The van der Waals surface area contributed by atoms with E-state index in [4.69, 9.17) is 9.47 Å². The largest absolute Gasteiger partial charge is 0.496 e. The minimum Gasteiger partial charge on any atom is -0.496 e. The number of anilines is 1. The maximum absolute atomic E-state index is 13.7. The van der Waals surface area contributed by atoms with Gasteiger partial charge in [-0.25, -0.2) is 0 Å². The predicted octanol–water partition coefficient (Wildman–Crippen LogP) is 4.57. The summed E-state index contributed by atoms with van der Waals surface area (Å²) in [6, 6.07) is 14.4. The summed E-state index contributed by atoms with van der Waals surface area (Å²) in [4.78, 5) is 22.5. The summed E-state index contributed by atoms with van der Waals surface area (Å²) in [7, 11) is 1.63. The molecule has 2 fully saturated rings. The number of benzene rings is 2. The average Bonchev–Trinajstić information content (AvgIpc) is 3.14. The molecule has 2 aliphatic rings. The van der Waals surface area contributed by atoms with Crippen LogP contribution < -0.4 is 9.64 Å². The Hall–Kier alpha value is -3.12. The second-order valence-corrected chi connectivity index (χ2v) is 9.35. The van der Waals surface area contributed by atoms with Gasteiger partial charge in [0.15, 0.2) is 0 Å². The van der Waals surface area contributed by atoms with Gasteiger partial charge in [0.25, 0.3) is 5.91 Å². The number of carbonyl (C=O) groups is 1. The van der Waals surface area contributed by atoms with Crippen LogP contribution in [0.2, 0.25) is 0 Å². The van der Waals surface area contributed by atoms with E-state index in [9.17, 15) is 4.79 Å². The maximum Gasteiger partial charge on any atom is 0.257 e. The molecule has 1 amide bonds. The van der Waals surface area contributed by atoms with E-state index in [1.807, 2.05) is 35.5 Å². The van der Waals surface area contributed by atoms with Crippen molar-refractivity contribution in [2.24, 2.45) is 5.92 Å². The van der Waals surface area contributed by atoms with Gasteiger partial charge in [-0.05, 0) is 54.8 Å². The number of methoxy groups -OCH3 is 1. The summed E-state index contributed by atoms with van der Waals surface area (Å²) in [5.41, 5.74) is 2.94. The van der Waals surface area contributed by atoms with Gasteiger partial charge in [-0.3, -0.25) is 9.78 Å². The molecule has 2 saturated heterocycles. The van der Waals surface area contributed by atoms with Crippen LogP contribution in [0.1, 0.15) is 35.2 Å². The van der Waals surface area contributed by atoms with E-state index in [1.165, 1.54) is 30.2 Å². The van der Waals surface area contributed by atoms with Crippen LogP contribution >= 0.6 is 0 Å². The number of piperidine rings is 1. The quantitative estimate of drug-likeness (QED) is 0.560. The summed E-state index contributed by atoms with van der Waals surface area (Å²) < 4.78 is 11.5. The molecule has 6 heteroatoms. The van der Waals surface area contributed by atoms with Crippen LogP contribution in [0.25, 0.3) is 10.8 Å². The van der Waals surface area contributed by atoms with Crippen molar-refractivity contribution < 1.29 is 14.3 Å². The lowest BCUT2D eigenvalue weighted by atomic mass is 9.96. The molecule has 0 saturated carbocycles. The molecular weight excluding hydrogens is 426 g/mol. The van der Waals surface area contributed by atoms with Gasteiger partial charge in [-0.1, -0.05) is 24.3 Å². The van der Waals surface area contributed by atoms with Crippen LogP contribution in [-0.2, 0) is 11.2 Å². The van der Waals surface area contributed by atoms with Gasteiger partial charge >= 0.3 is 0 Å². The molecule has 0 bridgehead atoms. The van der Waals surface area contributed by atoms with Gasteiger partial charge < -0.3 is 19.3 Å². The van der Waals surface area contributed by atoms with E-state index >= 15 is 0 Å². The first-order chi connectivity index (χ1) is 16.7. The van der Waals surface area contributed by atoms with Gasteiger partial charge in [-0.15, -0.1) is 0 Å². The highest BCUT2D eigenvalue weighted by Gasteiger charge is 2.27. The molecule has 178 valence electrons. The van der Waals surface area contributed by atoms with Crippen LogP contribution in [0.4, 0.5) is 5.69 Å². The third kappa shape index (κ3) is 4.87. The van der Waals surface area contributed by atoms with E-state index in [2.05, 4.69) is 34.1 Å². The second-order valence-electron chi connectivity index (χ2n) is 9.35. The van der Waals surface area contributed by atoms with Crippen molar-refractivity contribution >= 4 is 22.4 Å².